The van der Waals surface area contributed by atoms with E-state index >= 15 is 0 Å². The van der Waals surface area contributed by atoms with Gasteiger partial charge in [0, 0.05) is 12.6 Å². The van der Waals surface area contributed by atoms with Gasteiger partial charge in [-0.3, -0.25) is 4.79 Å². The normalized spacial score (nSPS) is 13.1. The summed E-state index contributed by atoms with van der Waals surface area (Å²) in [7, 11) is 1.61. The van der Waals surface area contributed by atoms with Crippen LogP contribution in [0.25, 0.3) is 0 Å². The lowest BCUT2D eigenvalue weighted by molar-refractivity contribution is -0.135. The number of esters is 1. The Bertz CT molecular complexity index is 827. The molecule has 6 heteroatoms. The molecule has 0 saturated heterocycles. The fraction of sp³-hybridized carbons (Fsp3) is 0.333. The van der Waals surface area contributed by atoms with E-state index in [4.69, 9.17) is 9.47 Å². The summed E-state index contributed by atoms with van der Waals surface area (Å²) >= 11 is 0. The first-order valence-corrected chi connectivity index (χ1v) is 8.87. The van der Waals surface area contributed by atoms with E-state index in [1.807, 2.05) is 31.2 Å². The van der Waals surface area contributed by atoms with Gasteiger partial charge in [-0.15, -0.1) is 0 Å². The molecular weight excluding hydrogens is 346 g/mol. The summed E-state index contributed by atoms with van der Waals surface area (Å²) in [5.41, 5.74) is 1.87. The van der Waals surface area contributed by atoms with Crippen LogP contribution in [-0.4, -0.2) is 41.6 Å². The summed E-state index contributed by atoms with van der Waals surface area (Å²) in [5, 5.41) is 9.81. The topological polar surface area (TPSA) is 76.1 Å². The highest BCUT2D eigenvalue weighted by Crippen LogP contribution is 2.29. The number of aryl methyl sites for hydroxylation is 1. The van der Waals surface area contributed by atoms with Crippen LogP contribution in [-0.2, 0) is 16.1 Å². The van der Waals surface area contributed by atoms with Crippen molar-refractivity contribution in [1.29, 1.82) is 0 Å². The molecule has 0 atom stereocenters. The minimum Gasteiger partial charge on any atom is -0.507 e. The third kappa shape index (κ3) is 4.78. The molecule has 1 aliphatic carbocycles. The Morgan fingerprint density at radius 1 is 1.15 bits per heavy atom. The van der Waals surface area contributed by atoms with Crippen LogP contribution in [0.2, 0.25) is 0 Å². The molecule has 1 fully saturated rings. The summed E-state index contributed by atoms with van der Waals surface area (Å²) in [4.78, 5) is 26.5. The number of amides is 1. The van der Waals surface area contributed by atoms with Crippen molar-refractivity contribution < 1.29 is 24.2 Å². The Morgan fingerprint density at radius 2 is 1.85 bits per heavy atom. The summed E-state index contributed by atoms with van der Waals surface area (Å²) in [6.07, 6.45) is 1.91. The number of carbonyl (C=O) groups excluding carboxylic acids is 2. The zero-order valence-electron chi connectivity index (χ0n) is 15.5. The summed E-state index contributed by atoms with van der Waals surface area (Å²) in [6.45, 7) is 1.92. The van der Waals surface area contributed by atoms with E-state index in [2.05, 4.69) is 0 Å². The molecule has 1 amide bonds. The zero-order chi connectivity index (χ0) is 19.4. The van der Waals surface area contributed by atoms with E-state index in [1.54, 1.807) is 18.1 Å². The van der Waals surface area contributed by atoms with Crippen molar-refractivity contribution in [3.05, 3.63) is 59.2 Å². The van der Waals surface area contributed by atoms with Gasteiger partial charge >= 0.3 is 5.97 Å². The standard InChI is InChI=1S/C21H23NO5/c1-14-3-10-19(23)18(11-14)21(25)27-13-20(24)22(16-6-7-16)12-15-4-8-17(26-2)9-5-15/h3-5,8-11,16,23H,6-7,12-13H2,1-2H3. The Labute approximate surface area is 158 Å². The molecule has 2 aromatic rings. The second kappa shape index (κ2) is 8.12. The fourth-order valence-electron chi connectivity index (χ4n) is 2.84. The van der Waals surface area contributed by atoms with Crippen molar-refractivity contribution >= 4 is 11.9 Å². The number of ether oxygens (including phenoxy) is 2. The van der Waals surface area contributed by atoms with Gasteiger partial charge in [0.1, 0.15) is 17.1 Å². The van der Waals surface area contributed by atoms with Crippen molar-refractivity contribution in [2.75, 3.05) is 13.7 Å². The van der Waals surface area contributed by atoms with Crippen molar-refractivity contribution in [3.63, 3.8) is 0 Å². The SMILES string of the molecule is COc1ccc(CN(C(=O)COC(=O)c2cc(C)ccc2O)C2CC2)cc1. The third-order valence-corrected chi connectivity index (χ3v) is 4.52. The number of rotatable bonds is 7. The second-order valence-electron chi connectivity index (χ2n) is 6.70. The predicted molar refractivity (Wildman–Crippen MR) is 99.7 cm³/mol. The molecule has 142 valence electrons. The van der Waals surface area contributed by atoms with Crippen LogP contribution in [0.1, 0.15) is 34.3 Å². The fourth-order valence-corrected chi connectivity index (χ4v) is 2.84. The highest BCUT2D eigenvalue weighted by molar-refractivity contribution is 5.94. The maximum absolute atomic E-state index is 12.6. The minimum absolute atomic E-state index is 0.0657. The quantitative estimate of drug-likeness (QED) is 0.759. The molecule has 0 radical (unpaired) electrons. The first-order chi connectivity index (χ1) is 13.0. The first kappa shape index (κ1) is 18.8. The van der Waals surface area contributed by atoms with Gasteiger partial charge in [0.2, 0.25) is 0 Å². The molecule has 1 saturated carbocycles. The van der Waals surface area contributed by atoms with E-state index < -0.39 is 5.97 Å². The number of nitrogens with zero attached hydrogens (tertiary/aromatic N) is 1. The molecule has 0 bridgehead atoms. The van der Waals surface area contributed by atoms with E-state index in [1.165, 1.54) is 12.1 Å². The lowest BCUT2D eigenvalue weighted by Gasteiger charge is -2.22. The van der Waals surface area contributed by atoms with Gasteiger partial charge in [-0.25, -0.2) is 4.79 Å². The largest absolute Gasteiger partial charge is 0.507 e. The molecule has 0 aliphatic heterocycles. The van der Waals surface area contributed by atoms with Crippen molar-refractivity contribution in [2.24, 2.45) is 0 Å². The van der Waals surface area contributed by atoms with E-state index in [9.17, 15) is 14.7 Å². The number of hydrogen-bond acceptors (Lipinski definition) is 5. The van der Waals surface area contributed by atoms with Crippen LogP contribution in [0.15, 0.2) is 42.5 Å². The Morgan fingerprint density at radius 3 is 2.48 bits per heavy atom. The van der Waals surface area contributed by atoms with Gasteiger partial charge < -0.3 is 19.5 Å². The van der Waals surface area contributed by atoms with Crippen LogP contribution >= 0.6 is 0 Å². The monoisotopic (exact) mass is 369 g/mol. The highest BCUT2D eigenvalue weighted by Gasteiger charge is 2.33. The molecule has 6 nitrogen and oxygen atoms in total. The number of hydrogen-bond donors (Lipinski definition) is 1. The number of phenols is 1. The number of carbonyl (C=O) groups is 2. The minimum atomic E-state index is -0.704. The molecule has 0 heterocycles. The summed E-state index contributed by atoms with van der Waals surface area (Å²) in [5.74, 6) is -0.344. The van der Waals surface area contributed by atoms with Gasteiger partial charge in [-0.1, -0.05) is 23.8 Å². The maximum Gasteiger partial charge on any atom is 0.342 e. The van der Waals surface area contributed by atoms with E-state index in [-0.39, 0.29) is 29.9 Å². The summed E-state index contributed by atoms with van der Waals surface area (Å²) < 4.78 is 10.3. The summed E-state index contributed by atoms with van der Waals surface area (Å²) in [6, 6.07) is 12.4. The van der Waals surface area contributed by atoms with Gasteiger partial charge in [0.25, 0.3) is 5.91 Å². The van der Waals surface area contributed by atoms with Crippen molar-refractivity contribution in [2.45, 2.75) is 32.4 Å². The van der Waals surface area contributed by atoms with Crippen LogP contribution in [0.5, 0.6) is 11.5 Å². The highest BCUT2D eigenvalue weighted by atomic mass is 16.5. The lowest BCUT2D eigenvalue weighted by atomic mass is 10.1. The van der Waals surface area contributed by atoms with E-state index in [0.717, 1.165) is 29.7 Å². The zero-order valence-corrected chi connectivity index (χ0v) is 15.5. The average molecular weight is 369 g/mol. The third-order valence-electron chi connectivity index (χ3n) is 4.52. The maximum atomic E-state index is 12.6. The molecule has 2 aromatic carbocycles. The number of methoxy groups -OCH3 is 1. The van der Waals surface area contributed by atoms with Gasteiger partial charge in [-0.2, -0.15) is 0 Å². The molecule has 0 spiro atoms. The molecule has 27 heavy (non-hydrogen) atoms. The lowest BCUT2D eigenvalue weighted by Crippen LogP contribution is -2.36. The Hall–Kier alpha value is -3.02. The molecule has 0 unspecified atom stereocenters. The average Bonchev–Trinajstić information content (AvgIpc) is 3.51. The second-order valence-corrected chi connectivity index (χ2v) is 6.70. The van der Waals surface area contributed by atoms with Gasteiger partial charge in [-0.05, 0) is 49.6 Å². The number of benzene rings is 2. The Balaban J connectivity index is 1.61. The molecular formula is C21H23NO5. The van der Waals surface area contributed by atoms with Crippen LogP contribution in [0.4, 0.5) is 0 Å². The Kier molecular flexibility index (Phi) is 5.64. The van der Waals surface area contributed by atoms with Crippen LogP contribution in [0.3, 0.4) is 0 Å². The van der Waals surface area contributed by atoms with E-state index in [0.29, 0.717) is 6.54 Å². The van der Waals surface area contributed by atoms with Crippen molar-refractivity contribution in [3.8, 4) is 11.5 Å². The molecule has 0 aromatic heterocycles. The van der Waals surface area contributed by atoms with Gasteiger partial charge in [0.05, 0.1) is 7.11 Å². The van der Waals surface area contributed by atoms with Crippen molar-refractivity contribution in [1.82, 2.24) is 4.90 Å². The number of aromatic hydroxyl groups is 1. The molecule has 1 aliphatic rings. The smallest absolute Gasteiger partial charge is 0.342 e. The number of phenolic OH excluding ortho intramolecular Hbond substituents is 1. The first-order valence-electron chi connectivity index (χ1n) is 8.87. The van der Waals surface area contributed by atoms with Crippen LogP contribution in [0, 0.1) is 6.92 Å². The molecule has 1 N–H and O–H groups in total. The van der Waals surface area contributed by atoms with Gasteiger partial charge in [0.15, 0.2) is 6.61 Å². The predicted octanol–water partition coefficient (Wildman–Crippen LogP) is 3.06. The van der Waals surface area contributed by atoms with Crippen LogP contribution < -0.4 is 4.74 Å². The molecule has 3 rings (SSSR count).